The first-order valence-electron chi connectivity index (χ1n) is 7.18. The van der Waals surface area contributed by atoms with E-state index < -0.39 is 0 Å². The van der Waals surface area contributed by atoms with Gasteiger partial charge >= 0.3 is 0 Å². The Labute approximate surface area is 110 Å². The Morgan fingerprint density at radius 3 is 2.67 bits per heavy atom. The van der Waals surface area contributed by atoms with Gasteiger partial charge in [0.25, 0.3) is 0 Å². The van der Waals surface area contributed by atoms with Crippen LogP contribution in [0.5, 0.6) is 0 Å². The van der Waals surface area contributed by atoms with Gasteiger partial charge in [-0.15, -0.1) is 0 Å². The van der Waals surface area contributed by atoms with Crippen molar-refractivity contribution in [3.63, 3.8) is 0 Å². The zero-order chi connectivity index (χ0) is 13.2. The van der Waals surface area contributed by atoms with E-state index in [1.165, 1.54) is 0 Å². The van der Waals surface area contributed by atoms with Crippen LogP contribution >= 0.6 is 0 Å². The molecule has 4 heteroatoms. The van der Waals surface area contributed by atoms with Crippen LogP contribution in [0.2, 0.25) is 0 Å². The summed E-state index contributed by atoms with van der Waals surface area (Å²) in [6.45, 7) is 4.79. The van der Waals surface area contributed by atoms with Gasteiger partial charge < -0.3 is 10.2 Å². The molecule has 1 fully saturated rings. The van der Waals surface area contributed by atoms with Gasteiger partial charge in [-0.3, -0.25) is 4.79 Å². The maximum atomic E-state index is 12.2. The maximum Gasteiger partial charge on any atom is 0.239 e. The summed E-state index contributed by atoms with van der Waals surface area (Å²) in [4.78, 5) is 14.1. The highest BCUT2D eigenvalue weighted by Gasteiger charge is 2.24. The minimum absolute atomic E-state index is 0.0148. The highest BCUT2D eigenvalue weighted by atomic mass is 16.2. The third-order valence-electron chi connectivity index (χ3n) is 3.48. The average molecular weight is 251 g/mol. The van der Waals surface area contributed by atoms with Crippen molar-refractivity contribution in [2.45, 2.75) is 57.9 Å². The number of nitrogens with one attached hydrogen (secondary N) is 1. The second kappa shape index (κ2) is 8.93. The monoisotopic (exact) mass is 251 g/mol. The topological polar surface area (TPSA) is 56.1 Å². The molecule has 0 aromatic carbocycles. The van der Waals surface area contributed by atoms with E-state index in [0.717, 1.165) is 58.2 Å². The molecule has 1 atom stereocenters. The van der Waals surface area contributed by atoms with Crippen LogP contribution < -0.4 is 5.32 Å². The summed E-state index contributed by atoms with van der Waals surface area (Å²) in [5.41, 5.74) is 0. The summed E-state index contributed by atoms with van der Waals surface area (Å²) in [5.74, 6) is 0.270. The largest absolute Gasteiger partial charge is 0.341 e. The molecule has 18 heavy (non-hydrogen) atoms. The van der Waals surface area contributed by atoms with Crippen LogP contribution in [0.4, 0.5) is 0 Å². The van der Waals surface area contributed by atoms with Crippen molar-refractivity contribution in [2.75, 3.05) is 19.6 Å². The number of nitrogens with zero attached hydrogens (tertiary/aromatic N) is 2. The van der Waals surface area contributed by atoms with E-state index in [2.05, 4.69) is 18.3 Å². The fourth-order valence-corrected chi connectivity index (χ4v) is 2.35. The zero-order valence-corrected chi connectivity index (χ0v) is 11.5. The molecular formula is C14H25N3O. The lowest BCUT2D eigenvalue weighted by Crippen LogP contribution is -2.45. The third-order valence-corrected chi connectivity index (χ3v) is 3.48. The number of likely N-dealkylation sites (tertiary alicyclic amines) is 1. The first-order chi connectivity index (χ1) is 8.79. The molecule has 4 nitrogen and oxygen atoms in total. The van der Waals surface area contributed by atoms with Crippen molar-refractivity contribution in [3.8, 4) is 6.07 Å². The van der Waals surface area contributed by atoms with Gasteiger partial charge in [0.2, 0.25) is 5.91 Å². The Hall–Kier alpha value is -1.08. The van der Waals surface area contributed by atoms with Crippen LogP contribution in [0.25, 0.3) is 0 Å². The maximum absolute atomic E-state index is 12.2. The van der Waals surface area contributed by atoms with E-state index in [0.29, 0.717) is 6.42 Å². The molecule has 1 heterocycles. The number of carbonyl (C=O) groups is 1. The van der Waals surface area contributed by atoms with Gasteiger partial charge in [0.05, 0.1) is 12.1 Å². The average Bonchev–Trinajstić information content (AvgIpc) is 2.91. The number of rotatable bonds is 8. The molecule has 0 aliphatic carbocycles. The molecular weight excluding hydrogens is 226 g/mol. The van der Waals surface area contributed by atoms with Gasteiger partial charge in [-0.1, -0.05) is 13.3 Å². The SMILES string of the molecule is CCC(NCCCCCC#N)C(=O)N1CCCC1. The van der Waals surface area contributed by atoms with E-state index in [1.54, 1.807) is 0 Å². The highest BCUT2D eigenvalue weighted by Crippen LogP contribution is 2.10. The van der Waals surface area contributed by atoms with Crippen molar-refractivity contribution in [2.24, 2.45) is 0 Å². The molecule has 102 valence electrons. The number of carbonyl (C=O) groups excluding carboxylic acids is 1. The second-order valence-corrected chi connectivity index (χ2v) is 4.92. The number of amides is 1. The lowest BCUT2D eigenvalue weighted by molar-refractivity contribution is -0.132. The van der Waals surface area contributed by atoms with Crippen molar-refractivity contribution in [1.29, 1.82) is 5.26 Å². The van der Waals surface area contributed by atoms with E-state index in [-0.39, 0.29) is 11.9 Å². The van der Waals surface area contributed by atoms with Gasteiger partial charge in [-0.05, 0) is 38.6 Å². The lowest BCUT2D eigenvalue weighted by atomic mass is 10.1. The van der Waals surface area contributed by atoms with Crippen LogP contribution in [0.15, 0.2) is 0 Å². The Bertz CT molecular complexity index is 279. The van der Waals surface area contributed by atoms with Crippen molar-refractivity contribution in [3.05, 3.63) is 0 Å². The van der Waals surface area contributed by atoms with E-state index in [9.17, 15) is 4.79 Å². The predicted molar refractivity (Wildman–Crippen MR) is 72.0 cm³/mol. The minimum atomic E-state index is -0.0148. The summed E-state index contributed by atoms with van der Waals surface area (Å²) in [6, 6.07) is 2.14. The van der Waals surface area contributed by atoms with Crippen LogP contribution in [0, 0.1) is 11.3 Å². The van der Waals surface area contributed by atoms with Gasteiger partial charge in [-0.2, -0.15) is 5.26 Å². The van der Waals surface area contributed by atoms with Crippen LogP contribution in [0.1, 0.15) is 51.9 Å². The van der Waals surface area contributed by atoms with Crippen LogP contribution in [0.3, 0.4) is 0 Å². The summed E-state index contributed by atoms with van der Waals surface area (Å²) < 4.78 is 0. The standard InChI is InChI=1S/C14H25N3O/c1-2-13(14(18)17-11-7-8-12-17)16-10-6-4-3-5-9-15/h13,16H,2-8,10-12H2,1H3. The molecule has 1 amide bonds. The van der Waals surface area contributed by atoms with Crippen molar-refractivity contribution in [1.82, 2.24) is 10.2 Å². The molecule has 0 aromatic heterocycles. The fraction of sp³-hybridized carbons (Fsp3) is 0.857. The second-order valence-electron chi connectivity index (χ2n) is 4.92. The van der Waals surface area contributed by atoms with Gasteiger partial charge in [-0.25, -0.2) is 0 Å². The lowest BCUT2D eigenvalue weighted by Gasteiger charge is -2.23. The van der Waals surface area contributed by atoms with Gasteiger partial charge in [0, 0.05) is 19.5 Å². The van der Waals surface area contributed by atoms with E-state index in [4.69, 9.17) is 5.26 Å². The molecule has 0 saturated carbocycles. The minimum Gasteiger partial charge on any atom is -0.341 e. The van der Waals surface area contributed by atoms with E-state index >= 15 is 0 Å². The normalized spacial score (nSPS) is 16.6. The quantitative estimate of drug-likeness (QED) is 0.672. The molecule has 0 spiro atoms. The van der Waals surface area contributed by atoms with Crippen molar-refractivity contribution >= 4 is 5.91 Å². The molecule has 1 saturated heterocycles. The van der Waals surface area contributed by atoms with Crippen LogP contribution in [-0.4, -0.2) is 36.5 Å². The zero-order valence-electron chi connectivity index (χ0n) is 11.5. The Morgan fingerprint density at radius 2 is 2.06 bits per heavy atom. The molecule has 0 aromatic rings. The Balaban J connectivity index is 2.16. The summed E-state index contributed by atoms with van der Waals surface area (Å²) >= 11 is 0. The number of nitriles is 1. The molecule has 1 aliphatic rings. The summed E-state index contributed by atoms with van der Waals surface area (Å²) in [7, 11) is 0. The van der Waals surface area contributed by atoms with Gasteiger partial charge in [0.15, 0.2) is 0 Å². The first kappa shape index (κ1) is 15.0. The Kier molecular flexibility index (Phi) is 7.43. The Morgan fingerprint density at radius 1 is 1.33 bits per heavy atom. The first-order valence-corrected chi connectivity index (χ1v) is 7.18. The number of unbranched alkanes of at least 4 members (excludes halogenated alkanes) is 3. The molecule has 1 unspecified atom stereocenters. The highest BCUT2D eigenvalue weighted by molar-refractivity contribution is 5.82. The van der Waals surface area contributed by atoms with Crippen molar-refractivity contribution < 1.29 is 4.79 Å². The molecule has 0 radical (unpaired) electrons. The molecule has 1 aliphatic heterocycles. The fourth-order valence-electron chi connectivity index (χ4n) is 2.35. The summed E-state index contributed by atoms with van der Waals surface area (Å²) in [6.07, 6.45) is 6.87. The number of hydrogen-bond donors (Lipinski definition) is 1. The molecule has 1 N–H and O–H groups in total. The predicted octanol–water partition coefficient (Wildman–Crippen LogP) is 2.06. The molecule has 0 bridgehead atoms. The molecule has 1 rings (SSSR count). The smallest absolute Gasteiger partial charge is 0.239 e. The van der Waals surface area contributed by atoms with Gasteiger partial charge in [0.1, 0.15) is 0 Å². The number of hydrogen-bond acceptors (Lipinski definition) is 3. The third kappa shape index (κ3) is 5.05. The van der Waals surface area contributed by atoms with E-state index in [1.807, 2.05) is 4.90 Å². The van der Waals surface area contributed by atoms with Crippen LogP contribution in [-0.2, 0) is 4.79 Å². The summed E-state index contributed by atoms with van der Waals surface area (Å²) in [5, 5.41) is 11.8.